The van der Waals surface area contributed by atoms with Gasteiger partial charge in [0.05, 0.1) is 24.9 Å². The standard InChI is InChI=1S/C21H22Cl2N4O/c1-13(18-5-3-15(22)11-20(18)23)24-21-19-12-16(27-7-9-28-10-8-27)4-6-17(19)14(2)25-26-21/h3-6,11-13H,7-10H2,1-2H3,(H,24,26)/t13-/m1/s1. The first-order valence-electron chi connectivity index (χ1n) is 9.34. The number of benzene rings is 2. The van der Waals surface area contributed by atoms with Crippen LogP contribution in [0.1, 0.15) is 24.2 Å². The molecule has 28 heavy (non-hydrogen) atoms. The van der Waals surface area contributed by atoms with E-state index in [1.54, 1.807) is 6.07 Å². The van der Waals surface area contributed by atoms with Crippen LogP contribution in [0.15, 0.2) is 36.4 Å². The van der Waals surface area contributed by atoms with Crippen LogP contribution in [0.4, 0.5) is 11.5 Å². The highest BCUT2D eigenvalue weighted by molar-refractivity contribution is 6.35. The number of anilines is 2. The van der Waals surface area contributed by atoms with Crippen molar-refractivity contribution < 1.29 is 4.74 Å². The summed E-state index contributed by atoms with van der Waals surface area (Å²) in [5, 5.41) is 15.6. The summed E-state index contributed by atoms with van der Waals surface area (Å²) in [7, 11) is 0. The minimum atomic E-state index is -0.0444. The number of halogens is 2. The van der Waals surface area contributed by atoms with E-state index in [-0.39, 0.29) is 6.04 Å². The van der Waals surface area contributed by atoms with Gasteiger partial charge in [-0.2, -0.15) is 5.10 Å². The lowest BCUT2D eigenvalue weighted by atomic mass is 10.1. The summed E-state index contributed by atoms with van der Waals surface area (Å²) in [4.78, 5) is 2.34. The second-order valence-corrected chi connectivity index (χ2v) is 7.84. The molecule has 0 amide bonds. The summed E-state index contributed by atoms with van der Waals surface area (Å²) in [6.45, 7) is 7.32. The van der Waals surface area contributed by atoms with Crippen LogP contribution >= 0.6 is 23.2 Å². The summed E-state index contributed by atoms with van der Waals surface area (Å²) in [5.41, 5.74) is 3.04. The number of aromatic nitrogens is 2. The summed E-state index contributed by atoms with van der Waals surface area (Å²) >= 11 is 12.4. The minimum Gasteiger partial charge on any atom is -0.378 e. The highest BCUT2D eigenvalue weighted by Crippen LogP contribution is 2.32. The molecule has 0 saturated carbocycles. The first-order valence-corrected chi connectivity index (χ1v) is 10.1. The Morgan fingerprint density at radius 2 is 1.82 bits per heavy atom. The summed E-state index contributed by atoms with van der Waals surface area (Å²) in [5.74, 6) is 0.745. The molecule has 2 aromatic carbocycles. The van der Waals surface area contributed by atoms with Gasteiger partial charge in [0.15, 0.2) is 5.82 Å². The Morgan fingerprint density at radius 1 is 1.04 bits per heavy atom. The number of nitrogens with zero attached hydrogens (tertiary/aromatic N) is 3. The molecule has 0 aliphatic carbocycles. The van der Waals surface area contributed by atoms with E-state index < -0.39 is 0 Å². The number of hydrogen-bond acceptors (Lipinski definition) is 5. The molecule has 1 aliphatic heterocycles. The molecule has 1 saturated heterocycles. The van der Waals surface area contributed by atoms with E-state index in [2.05, 4.69) is 38.6 Å². The molecule has 0 radical (unpaired) electrons. The van der Waals surface area contributed by atoms with Gasteiger partial charge in [0.2, 0.25) is 0 Å². The quantitative estimate of drug-likeness (QED) is 0.628. The van der Waals surface area contributed by atoms with Crippen LogP contribution in [0.2, 0.25) is 10.0 Å². The smallest absolute Gasteiger partial charge is 0.157 e. The van der Waals surface area contributed by atoms with Crippen molar-refractivity contribution in [1.82, 2.24) is 10.2 Å². The zero-order valence-corrected chi connectivity index (χ0v) is 17.4. The third-order valence-corrected chi connectivity index (χ3v) is 5.67. The average Bonchev–Trinajstić information content (AvgIpc) is 2.70. The van der Waals surface area contributed by atoms with Crippen LogP contribution in [0, 0.1) is 6.92 Å². The first-order chi connectivity index (χ1) is 13.5. The Hall–Kier alpha value is -2.08. The van der Waals surface area contributed by atoms with E-state index in [9.17, 15) is 0 Å². The van der Waals surface area contributed by atoms with Gasteiger partial charge < -0.3 is 15.0 Å². The Bertz CT molecular complexity index is 1010. The maximum Gasteiger partial charge on any atom is 0.157 e. The highest BCUT2D eigenvalue weighted by atomic mass is 35.5. The first kappa shape index (κ1) is 19.2. The van der Waals surface area contributed by atoms with Crippen LogP contribution in [0.25, 0.3) is 10.8 Å². The van der Waals surface area contributed by atoms with Crippen LogP contribution in [-0.2, 0) is 4.74 Å². The fraction of sp³-hybridized carbons (Fsp3) is 0.333. The molecule has 0 unspecified atom stereocenters. The van der Waals surface area contributed by atoms with Crippen LogP contribution < -0.4 is 10.2 Å². The van der Waals surface area contributed by atoms with Crippen LogP contribution in [-0.4, -0.2) is 36.5 Å². The Balaban J connectivity index is 1.70. The minimum absolute atomic E-state index is 0.0444. The molecule has 2 heterocycles. The fourth-order valence-electron chi connectivity index (χ4n) is 3.54. The lowest BCUT2D eigenvalue weighted by Gasteiger charge is -2.29. The predicted octanol–water partition coefficient (Wildman–Crippen LogP) is 5.25. The Kier molecular flexibility index (Phi) is 5.58. The molecule has 0 bridgehead atoms. The van der Waals surface area contributed by atoms with E-state index in [0.29, 0.717) is 10.0 Å². The van der Waals surface area contributed by atoms with E-state index >= 15 is 0 Å². The number of aryl methyl sites for hydroxylation is 1. The van der Waals surface area contributed by atoms with Crippen molar-refractivity contribution in [2.24, 2.45) is 0 Å². The summed E-state index contributed by atoms with van der Waals surface area (Å²) in [6.07, 6.45) is 0. The monoisotopic (exact) mass is 416 g/mol. The molecule has 1 aromatic heterocycles. The van der Waals surface area contributed by atoms with Crippen molar-refractivity contribution in [3.05, 3.63) is 57.7 Å². The van der Waals surface area contributed by atoms with Gasteiger partial charge in [0.25, 0.3) is 0 Å². The molecule has 146 valence electrons. The second-order valence-electron chi connectivity index (χ2n) is 7.00. The zero-order valence-electron chi connectivity index (χ0n) is 15.9. The lowest BCUT2D eigenvalue weighted by Crippen LogP contribution is -2.36. The normalized spacial score (nSPS) is 15.6. The zero-order chi connectivity index (χ0) is 19.7. The van der Waals surface area contributed by atoms with Gasteiger partial charge in [0.1, 0.15) is 0 Å². The largest absolute Gasteiger partial charge is 0.378 e. The number of morpholine rings is 1. The number of ether oxygens (including phenoxy) is 1. The number of hydrogen-bond donors (Lipinski definition) is 1. The van der Waals surface area contributed by atoms with Crippen molar-refractivity contribution in [1.29, 1.82) is 0 Å². The van der Waals surface area contributed by atoms with Crippen LogP contribution in [0.5, 0.6) is 0 Å². The maximum atomic E-state index is 6.38. The van der Waals surface area contributed by atoms with Gasteiger partial charge in [-0.25, -0.2) is 0 Å². The molecule has 4 rings (SSSR count). The van der Waals surface area contributed by atoms with Crippen molar-refractivity contribution >= 4 is 45.5 Å². The van der Waals surface area contributed by atoms with Crippen LogP contribution in [0.3, 0.4) is 0 Å². The average molecular weight is 417 g/mol. The topological polar surface area (TPSA) is 50.3 Å². The molecule has 1 fully saturated rings. The van der Waals surface area contributed by atoms with Gasteiger partial charge in [0, 0.05) is 39.6 Å². The van der Waals surface area contributed by atoms with E-state index in [1.807, 2.05) is 26.0 Å². The lowest BCUT2D eigenvalue weighted by molar-refractivity contribution is 0.122. The number of rotatable bonds is 4. The molecular formula is C21H22Cl2N4O. The highest BCUT2D eigenvalue weighted by Gasteiger charge is 2.16. The molecule has 1 atom stereocenters. The fourth-order valence-corrected chi connectivity index (χ4v) is 4.11. The molecular weight excluding hydrogens is 395 g/mol. The van der Waals surface area contributed by atoms with Crippen molar-refractivity contribution in [3.63, 3.8) is 0 Å². The molecule has 0 spiro atoms. The van der Waals surface area contributed by atoms with Crippen molar-refractivity contribution in [2.75, 3.05) is 36.5 Å². The van der Waals surface area contributed by atoms with Gasteiger partial charge in [-0.05, 0) is 43.7 Å². The van der Waals surface area contributed by atoms with E-state index in [4.69, 9.17) is 27.9 Å². The number of nitrogens with one attached hydrogen (secondary N) is 1. The SMILES string of the molecule is Cc1nnc(N[C@H](C)c2ccc(Cl)cc2Cl)c2cc(N3CCOCC3)ccc12. The molecule has 1 aliphatic rings. The van der Waals surface area contributed by atoms with Gasteiger partial charge >= 0.3 is 0 Å². The molecule has 5 nitrogen and oxygen atoms in total. The van der Waals surface area contributed by atoms with E-state index in [0.717, 1.165) is 54.2 Å². The van der Waals surface area contributed by atoms with Gasteiger partial charge in [-0.1, -0.05) is 35.3 Å². The summed E-state index contributed by atoms with van der Waals surface area (Å²) in [6, 6.07) is 11.9. The van der Waals surface area contributed by atoms with Gasteiger partial charge in [-0.15, -0.1) is 5.10 Å². The van der Waals surface area contributed by atoms with Crippen molar-refractivity contribution in [2.45, 2.75) is 19.9 Å². The third-order valence-electron chi connectivity index (χ3n) is 5.11. The second kappa shape index (κ2) is 8.11. The Labute approximate surface area is 174 Å². The number of fused-ring (bicyclic) bond motifs is 1. The molecule has 3 aromatic rings. The molecule has 7 heteroatoms. The van der Waals surface area contributed by atoms with E-state index in [1.165, 1.54) is 5.69 Å². The summed E-state index contributed by atoms with van der Waals surface area (Å²) < 4.78 is 5.47. The van der Waals surface area contributed by atoms with Crippen molar-refractivity contribution in [3.8, 4) is 0 Å². The molecule has 1 N–H and O–H groups in total. The predicted molar refractivity (Wildman–Crippen MR) is 116 cm³/mol. The maximum absolute atomic E-state index is 6.38. The van der Waals surface area contributed by atoms with Gasteiger partial charge in [-0.3, -0.25) is 0 Å². The third kappa shape index (κ3) is 3.88. The Morgan fingerprint density at radius 3 is 2.57 bits per heavy atom.